The van der Waals surface area contributed by atoms with Gasteiger partial charge in [0.2, 0.25) is 0 Å². The lowest BCUT2D eigenvalue weighted by Crippen LogP contribution is -2.28. The fraction of sp³-hybridized carbons (Fsp3) is 0.286. The summed E-state index contributed by atoms with van der Waals surface area (Å²) >= 11 is 0. The summed E-state index contributed by atoms with van der Waals surface area (Å²) in [6, 6.07) is 8.48. The molecule has 0 aliphatic carbocycles. The molecule has 104 valence electrons. The molecule has 2 aromatic rings. The Morgan fingerprint density at radius 3 is 2.75 bits per heavy atom. The second-order valence-corrected chi connectivity index (χ2v) is 4.73. The van der Waals surface area contributed by atoms with Gasteiger partial charge in [-0.3, -0.25) is 0 Å². The van der Waals surface area contributed by atoms with Gasteiger partial charge in [-0.05, 0) is 24.3 Å². The Morgan fingerprint density at radius 1 is 1.35 bits per heavy atom. The number of amidine groups is 1. The van der Waals surface area contributed by atoms with E-state index in [-0.39, 0.29) is 12.1 Å². The molecule has 1 unspecified atom stereocenters. The van der Waals surface area contributed by atoms with Gasteiger partial charge in [0.1, 0.15) is 12.6 Å². The zero-order valence-corrected chi connectivity index (χ0v) is 11.2. The van der Waals surface area contributed by atoms with E-state index in [0.29, 0.717) is 6.61 Å². The standard InChI is InChI=1S/C14H16N4O2/c1-18(7-11-8-19-14(15)17-11)12-4-2-10(3-5-12)13-6-16-9-20-13/h2-6,9,11H,7-8H2,1H3,(H2,15,17). The summed E-state index contributed by atoms with van der Waals surface area (Å²) < 4.78 is 10.4. The first-order valence-electron chi connectivity index (χ1n) is 6.38. The summed E-state index contributed by atoms with van der Waals surface area (Å²) in [6.45, 7) is 1.31. The summed E-state index contributed by atoms with van der Waals surface area (Å²) in [5.41, 5.74) is 7.62. The fourth-order valence-corrected chi connectivity index (χ4v) is 2.19. The number of benzene rings is 1. The molecule has 2 heterocycles. The van der Waals surface area contributed by atoms with Gasteiger partial charge in [-0.1, -0.05) is 0 Å². The number of rotatable bonds is 4. The maximum absolute atomic E-state index is 5.51. The van der Waals surface area contributed by atoms with Crippen LogP contribution in [0.5, 0.6) is 0 Å². The van der Waals surface area contributed by atoms with Crippen LogP contribution in [0.4, 0.5) is 5.69 Å². The Balaban J connectivity index is 1.68. The second kappa shape index (κ2) is 5.24. The van der Waals surface area contributed by atoms with Crippen LogP contribution in [-0.2, 0) is 4.74 Å². The first-order valence-corrected chi connectivity index (χ1v) is 6.38. The smallest absolute Gasteiger partial charge is 0.282 e. The predicted octanol–water partition coefficient (Wildman–Crippen LogP) is 1.49. The number of nitrogens with two attached hydrogens (primary N) is 1. The zero-order chi connectivity index (χ0) is 13.9. The minimum Gasteiger partial charge on any atom is -0.463 e. The number of aromatic nitrogens is 1. The molecule has 0 saturated carbocycles. The van der Waals surface area contributed by atoms with Crippen molar-refractivity contribution < 1.29 is 9.15 Å². The highest BCUT2D eigenvalue weighted by atomic mass is 16.5. The summed E-state index contributed by atoms with van der Waals surface area (Å²) in [6.07, 6.45) is 3.13. The van der Waals surface area contributed by atoms with Gasteiger partial charge in [-0.25, -0.2) is 9.98 Å². The van der Waals surface area contributed by atoms with E-state index in [1.54, 1.807) is 6.20 Å². The topological polar surface area (TPSA) is 76.9 Å². The summed E-state index contributed by atoms with van der Waals surface area (Å²) in [7, 11) is 2.02. The molecule has 0 saturated heterocycles. The fourth-order valence-electron chi connectivity index (χ4n) is 2.19. The monoisotopic (exact) mass is 272 g/mol. The molecule has 6 nitrogen and oxygen atoms in total. The van der Waals surface area contributed by atoms with Crippen molar-refractivity contribution in [2.75, 3.05) is 25.1 Å². The SMILES string of the molecule is CN(CC1COC(N)=N1)c1ccc(-c2cnco2)cc1. The highest BCUT2D eigenvalue weighted by molar-refractivity contribution is 5.73. The molecular formula is C14H16N4O2. The van der Waals surface area contributed by atoms with Gasteiger partial charge < -0.3 is 19.8 Å². The Morgan fingerprint density at radius 2 is 2.15 bits per heavy atom. The van der Waals surface area contributed by atoms with E-state index in [4.69, 9.17) is 14.9 Å². The maximum atomic E-state index is 5.51. The molecule has 1 aliphatic rings. The lowest BCUT2D eigenvalue weighted by atomic mass is 10.1. The number of ether oxygens (including phenoxy) is 1. The van der Waals surface area contributed by atoms with Crippen molar-refractivity contribution in [3.05, 3.63) is 36.9 Å². The zero-order valence-electron chi connectivity index (χ0n) is 11.2. The van der Waals surface area contributed by atoms with Crippen molar-refractivity contribution in [1.82, 2.24) is 4.98 Å². The molecule has 20 heavy (non-hydrogen) atoms. The van der Waals surface area contributed by atoms with E-state index in [1.165, 1.54) is 6.39 Å². The van der Waals surface area contributed by atoms with Crippen molar-refractivity contribution in [3.63, 3.8) is 0 Å². The molecule has 0 radical (unpaired) electrons. The van der Waals surface area contributed by atoms with E-state index in [1.807, 2.05) is 31.3 Å². The van der Waals surface area contributed by atoms with Crippen molar-refractivity contribution >= 4 is 11.7 Å². The molecule has 3 rings (SSSR count). The van der Waals surface area contributed by atoms with Crippen molar-refractivity contribution in [2.24, 2.45) is 10.7 Å². The van der Waals surface area contributed by atoms with Gasteiger partial charge in [0.05, 0.1) is 6.20 Å². The van der Waals surface area contributed by atoms with Crippen LogP contribution in [0.25, 0.3) is 11.3 Å². The van der Waals surface area contributed by atoms with Crippen LogP contribution in [-0.4, -0.2) is 37.2 Å². The molecule has 1 aromatic heterocycles. The normalized spacial score (nSPS) is 17.6. The van der Waals surface area contributed by atoms with E-state index < -0.39 is 0 Å². The summed E-state index contributed by atoms with van der Waals surface area (Å²) in [5.74, 6) is 0.765. The van der Waals surface area contributed by atoms with Gasteiger partial charge >= 0.3 is 0 Å². The van der Waals surface area contributed by atoms with Crippen LogP contribution in [0, 0.1) is 0 Å². The van der Waals surface area contributed by atoms with Crippen LogP contribution >= 0.6 is 0 Å². The minimum absolute atomic E-state index is 0.0916. The third-order valence-electron chi connectivity index (χ3n) is 3.24. The van der Waals surface area contributed by atoms with E-state index in [9.17, 15) is 0 Å². The first-order chi connectivity index (χ1) is 9.72. The lowest BCUT2D eigenvalue weighted by Gasteiger charge is -2.21. The number of hydrogen-bond donors (Lipinski definition) is 1. The van der Waals surface area contributed by atoms with Gasteiger partial charge in [-0.15, -0.1) is 0 Å². The molecule has 2 N–H and O–H groups in total. The van der Waals surface area contributed by atoms with Gasteiger partial charge in [0, 0.05) is 24.8 Å². The van der Waals surface area contributed by atoms with Crippen molar-refractivity contribution in [3.8, 4) is 11.3 Å². The summed E-state index contributed by atoms with van der Waals surface area (Å²) in [5, 5.41) is 0. The molecule has 0 spiro atoms. The highest BCUT2D eigenvalue weighted by Crippen LogP contribution is 2.22. The molecule has 1 aliphatic heterocycles. The van der Waals surface area contributed by atoms with Crippen LogP contribution in [0.3, 0.4) is 0 Å². The number of nitrogens with zero attached hydrogens (tertiary/aromatic N) is 3. The van der Waals surface area contributed by atoms with Crippen LogP contribution in [0.15, 0.2) is 46.3 Å². The number of likely N-dealkylation sites (N-methyl/N-ethyl adjacent to an activating group) is 1. The third kappa shape index (κ3) is 2.59. The van der Waals surface area contributed by atoms with Crippen molar-refractivity contribution in [2.45, 2.75) is 6.04 Å². The molecule has 0 bridgehead atoms. The third-order valence-corrected chi connectivity index (χ3v) is 3.24. The largest absolute Gasteiger partial charge is 0.463 e. The van der Waals surface area contributed by atoms with Crippen LogP contribution < -0.4 is 10.6 Å². The number of oxazole rings is 1. The Labute approximate surface area is 116 Å². The maximum Gasteiger partial charge on any atom is 0.282 e. The number of hydrogen-bond acceptors (Lipinski definition) is 6. The Bertz CT molecular complexity index is 592. The van der Waals surface area contributed by atoms with Gasteiger partial charge in [0.25, 0.3) is 6.02 Å². The molecule has 6 heteroatoms. The molecule has 1 aromatic carbocycles. The highest BCUT2D eigenvalue weighted by Gasteiger charge is 2.18. The predicted molar refractivity (Wildman–Crippen MR) is 76.6 cm³/mol. The van der Waals surface area contributed by atoms with E-state index in [2.05, 4.69) is 14.9 Å². The molecule has 0 fully saturated rings. The van der Waals surface area contributed by atoms with E-state index >= 15 is 0 Å². The lowest BCUT2D eigenvalue weighted by molar-refractivity contribution is 0.314. The Kier molecular flexibility index (Phi) is 3.28. The Hall–Kier alpha value is -2.50. The average Bonchev–Trinajstić information content (AvgIpc) is 3.11. The van der Waals surface area contributed by atoms with Gasteiger partial charge in [0.15, 0.2) is 12.2 Å². The second-order valence-electron chi connectivity index (χ2n) is 4.73. The molecular weight excluding hydrogens is 256 g/mol. The molecule has 1 atom stereocenters. The van der Waals surface area contributed by atoms with Crippen LogP contribution in [0.1, 0.15) is 0 Å². The first kappa shape index (κ1) is 12.5. The number of anilines is 1. The van der Waals surface area contributed by atoms with Gasteiger partial charge in [-0.2, -0.15) is 0 Å². The van der Waals surface area contributed by atoms with Crippen molar-refractivity contribution in [1.29, 1.82) is 0 Å². The van der Waals surface area contributed by atoms with Crippen LogP contribution in [0.2, 0.25) is 0 Å². The molecule has 0 amide bonds. The van der Waals surface area contributed by atoms with E-state index in [0.717, 1.165) is 23.6 Å². The quantitative estimate of drug-likeness (QED) is 0.912. The average molecular weight is 272 g/mol. The summed E-state index contributed by atoms with van der Waals surface area (Å²) in [4.78, 5) is 10.3. The minimum atomic E-state index is 0.0916. The number of aliphatic imine (C=N–C) groups is 1.